The quantitative estimate of drug-likeness (QED) is 0.190. The minimum atomic E-state index is -0.660. The first-order valence-electron chi connectivity index (χ1n) is 12.8. The fourth-order valence-electron chi connectivity index (χ4n) is 4.88. The van der Waals surface area contributed by atoms with Crippen molar-refractivity contribution in [2.75, 3.05) is 26.6 Å². The van der Waals surface area contributed by atoms with Gasteiger partial charge < -0.3 is 4.42 Å². The maximum Gasteiger partial charge on any atom is 0.333 e. The number of likely N-dealkylation sites (N-methyl/N-ethyl adjacent to an activating group) is 2. The molecular formula is C33H28N2O5S. The van der Waals surface area contributed by atoms with Crippen molar-refractivity contribution >= 4 is 45.5 Å². The third-order valence-corrected chi connectivity index (χ3v) is 6.79. The van der Waals surface area contributed by atoms with Crippen LogP contribution in [0.1, 0.15) is 5.56 Å². The van der Waals surface area contributed by atoms with E-state index in [1.54, 1.807) is 18.6 Å². The molecule has 0 N–H and O–H groups in total. The lowest BCUT2D eigenvalue weighted by molar-refractivity contribution is -0.134. The third kappa shape index (κ3) is 5.21. The van der Waals surface area contributed by atoms with Crippen molar-refractivity contribution in [3.8, 4) is 33.8 Å². The van der Waals surface area contributed by atoms with Gasteiger partial charge in [0.05, 0.1) is 0 Å². The topological polar surface area (TPSA) is 87.9 Å². The molecule has 1 aliphatic carbocycles. The summed E-state index contributed by atoms with van der Waals surface area (Å²) in [5, 5.41) is 1.79. The molecule has 2 aliphatic heterocycles. The van der Waals surface area contributed by atoms with Crippen LogP contribution in [0, 0.1) is 0 Å². The summed E-state index contributed by atoms with van der Waals surface area (Å²) < 4.78 is 16.1. The molecule has 3 aromatic rings. The van der Waals surface area contributed by atoms with Crippen molar-refractivity contribution < 1.29 is 23.0 Å². The van der Waals surface area contributed by atoms with Crippen molar-refractivity contribution in [1.29, 1.82) is 0 Å². The Morgan fingerprint density at radius 2 is 1.20 bits per heavy atom. The zero-order chi connectivity index (χ0) is 29.3. The molecule has 4 amide bonds. The summed E-state index contributed by atoms with van der Waals surface area (Å²) in [5.41, 5.74) is 4.32. The zero-order valence-electron chi connectivity index (χ0n) is 23.1. The highest BCUT2D eigenvalue weighted by Crippen LogP contribution is 2.48. The summed E-state index contributed by atoms with van der Waals surface area (Å²) in [4.78, 5) is 40.2. The van der Waals surface area contributed by atoms with Crippen LogP contribution in [0.3, 0.4) is 0 Å². The number of hydrogen-bond acceptors (Lipinski definition) is 5. The highest BCUT2D eigenvalue weighted by Gasteiger charge is 2.38. The zero-order valence-corrected chi connectivity index (χ0v) is 23.9. The lowest BCUT2D eigenvalue weighted by Crippen LogP contribution is -2.52. The fraction of sp³-hybridized carbons (Fsp3) is 0.121. The maximum atomic E-state index is 13.0. The van der Waals surface area contributed by atoms with Gasteiger partial charge in [-0.25, -0.2) is 4.79 Å². The monoisotopic (exact) mass is 564 g/mol. The van der Waals surface area contributed by atoms with Crippen molar-refractivity contribution in [2.45, 2.75) is 0 Å². The molecule has 8 heteroatoms. The van der Waals surface area contributed by atoms with Crippen LogP contribution in [-0.4, -0.2) is 58.5 Å². The molecule has 1 saturated heterocycles. The number of fused-ring (bicyclic) bond motifs is 3. The van der Waals surface area contributed by atoms with Gasteiger partial charge in [0.15, 0.2) is 0 Å². The number of imide groups is 2. The second-order valence-electron chi connectivity index (χ2n) is 9.73. The Balaban J connectivity index is 0.000000794. The molecule has 0 spiro atoms. The molecule has 2 heterocycles. The lowest BCUT2D eigenvalue weighted by Gasteiger charge is -2.28. The number of amides is 4. The first kappa shape index (κ1) is 27.7. The predicted octanol–water partition coefficient (Wildman–Crippen LogP) is 6.30. The third-order valence-electron chi connectivity index (χ3n) is 6.79. The number of carbonyl (C=O) groups excluding carboxylic acids is 3. The van der Waals surface area contributed by atoms with E-state index in [1.807, 2.05) is 91.0 Å². The van der Waals surface area contributed by atoms with Crippen LogP contribution in [0.25, 0.3) is 50.6 Å². The van der Waals surface area contributed by atoms with Crippen molar-refractivity contribution in [1.82, 2.24) is 9.80 Å². The highest BCUT2D eigenvalue weighted by atomic mass is 32.2. The lowest BCUT2D eigenvalue weighted by atomic mass is 9.96. The Morgan fingerprint density at radius 1 is 0.707 bits per heavy atom. The van der Waals surface area contributed by atoms with Crippen molar-refractivity contribution in [3.05, 3.63) is 102 Å². The predicted molar refractivity (Wildman–Crippen MR) is 163 cm³/mol. The smallest absolute Gasteiger partial charge is 0.333 e. The van der Waals surface area contributed by atoms with E-state index in [0.717, 1.165) is 42.8 Å². The number of urea groups is 1. The van der Waals surface area contributed by atoms with E-state index in [1.165, 1.54) is 14.1 Å². The molecule has 41 heavy (non-hydrogen) atoms. The van der Waals surface area contributed by atoms with Gasteiger partial charge in [0.2, 0.25) is 0 Å². The van der Waals surface area contributed by atoms with E-state index in [2.05, 4.69) is 0 Å². The Kier molecular flexibility index (Phi) is 7.68. The Morgan fingerprint density at radius 3 is 1.76 bits per heavy atom. The normalized spacial score (nSPS) is 13.7. The fourth-order valence-corrected chi connectivity index (χ4v) is 4.88. The molecule has 0 atom stereocenters. The van der Waals surface area contributed by atoms with Crippen molar-refractivity contribution in [2.24, 2.45) is 0 Å². The van der Waals surface area contributed by atoms with Crippen LogP contribution in [0.15, 0.2) is 101 Å². The van der Waals surface area contributed by atoms with Crippen LogP contribution in [0.2, 0.25) is 0 Å². The molecule has 0 aromatic heterocycles. The minimum absolute atomic E-state index is 0.0937. The number of benzene rings is 3. The molecule has 3 aromatic carbocycles. The second-order valence-corrected chi connectivity index (χ2v) is 11.2. The average Bonchev–Trinajstić information content (AvgIpc) is 3.30. The number of rotatable bonds is 3. The van der Waals surface area contributed by atoms with E-state index in [-0.39, 0.29) is 5.57 Å². The van der Waals surface area contributed by atoms with Crippen LogP contribution in [-0.2, 0) is 20.4 Å². The van der Waals surface area contributed by atoms with Crippen LogP contribution in [0.5, 0.6) is 0 Å². The van der Waals surface area contributed by atoms with Gasteiger partial charge in [-0.15, -0.1) is 0 Å². The van der Waals surface area contributed by atoms with Gasteiger partial charge in [0.25, 0.3) is 11.8 Å². The number of hydrogen-bond donors (Lipinski definition) is 0. The Bertz CT molecular complexity index is 1780. The van der Waals surface area contributed by atoms with Gasteiger partial charge >= 0.3 is 6.03 Å². The minimum Gasteiger partial charge on any atom is -0.455 e. The first-order chi connectivity index (χ1) is 19.7. The number of barbiturate groups is 1. The van der Waals surface area contributed by atoms with Gasteiger partial charge in [-0.2, -0.15) is 0 Å². The molecular weight excluding hydrogens is 536 g/mol. The van der Waals surface area contributed by atoms with E-state index in [0.29, 0.717) is 17.1 Å². The molecule has 6 rings (SSSR count). The van der Waals surface area contributed by atoms with Gasteiger partial charge in [-0.1, -0.05) is 84.9 Å². The van der Waals surface area contributed by atoms with Crippen LogP contribution >= 0.6 is 0 Å². The van der Waals surface area contributed by atoms with E-state index < -0.39 is 28.6 Å². The molecule has 3 aliphatic rings. The molecule has 1 fully saturated rings. The van der Waals surface area contributed by atoms with Crippen LogP contribution < -0.4 is 0 Å². The van der Waals surface area contributed by atoms with Gasteiger partial charge in [-0.05, 0) is 34.0 Å². The standard InChI is InChI=1S/C31H22N2O4.C2H6OS/c1-32-29(34)25(30(35)33(2)31(32)36)17-24-21-15-9-10-16-22(21)27-23(19-11-5-3-6-12-19)18-26(37-28(24)27)20-13-7-4-8-14-20;1-4(2)3/h3-18H,1-2H3;1-2H3. The van der Waals surface area contributed by atoms with E-state index in [9.17, 15) is 18.6 Å². The number of nitrogens with zero attached hydrogens (tertiary/aromatic N) is 2. The largest absolute Gasteiger partial charge is 0.455 e. The molecule has 0 unspecified atom stereocenters. The molecule has 0 bridgehead atoms. The molecule has 0 saturated carbocycles. The summed E-state index contributed by atoms with van der Waals surface area (Å²) in [6, 6.07) is 29.0. The van der Waals surface area contributed by atoms with Gasteiger partial charge in [0.1, 0.15) is 17.1 Å². The average molecular weight is 565 g/mol. The van der Waals surface area contributed by atoms with Crippen LogP contribution in [0.4, 0.5) is 4.79 Å². The summed E-state index contributed by atoms with van der Waals surface area (Å²) in [6.07, 6.45) is 4.84. The van der Waals surface area contributed by atoms with E-state index in [4.69, 9.17) is 4.42 Å². The highest BCUT2D eigenvalue weighted by molar-refractivity contribution is 7.83. The van der Waals surface area contributed by atoms with Crippen molar-refractivity contribution in [3.63, 3.8) is 0 Å². The summed E-state index contributed by atoms with van der Waals surface area (Å²) >= 11 is 0. The Hall–Kier alpha value is -4.82. The van der Waals surface area contributed by atoms with Gasteiger partial charge in [0, 0.05) is 54.1 Å². The Labute approximate surface area is 240 Å². The summed E-state index contributed by atoms with van der Waals surface area (Å²) in [6.45, 7) is 0. The first-order valence-corrected chi connectivity index (χ1v) is 14.8. The second kappa shape index (κ2) is 11.3. The summed E-state index contributed by atoms with van der Waals surface area (Å²) in [7, 11) is 2.13. The molecule has 0 radical (unpaired) electrons. The van der Waals surface area contributed by atoms with E-state index >= 15 is 0 Å². The van der Waals surface area contributed by atoms with Gasteiger partial charge in [-0.3, -0.25) is 23.6 Å². The summed E-state index contributed by atoms with van der Waals surface area (Å²) in [5.74, 6) is -0.0626. The SMILES string of the molecule is CN1C(=O)C(=Cc2c3oc(-c4ccccc4)cc(-c4ccccc4)c-3c3ccccc23)C(=O)N(C)C1=O.CS(C)=O. The molecule has 7 nitrogen and oxygen atoms in total. The number of carbonyl (C=O) groups is 3. The molecule has 206 valence electrons. The maximum absolute atomic E-state index is 13.0.